The number of imide groups is 1. The smallest absolute Gasteiger partial charge is 0.416 e. The molecule has 5 N–H and O–H groups in total. The van der Waals surface area contributed by atoms with Gasteiger partial charge < -0.3 is 21.5 Å². The van der Waals surface area contributed by atoms with Crippen LogP contribution in [0, 0.1) is 11.8 Å². The Morgan fingerprint density at radius 1 is 0.913 bits per heavy atom. The monoisotopic (exact) mass is 649 g/mol. The van der Waals surface area contributed by atoms with E-state index >= 15 is 0 Å². The minimum absolute atomic E-state index is 0.0274. The largest absolute Gasteiger partial charge is 0.452 e. The molecule has 4 rings (SSSR count). The fraction of sp³-hybridized carbons (Fsp3) is 0.429. The number of anilines is 1. The van der Waals surface area contributed by atoms with Crippen LogP contribution in [-0.2, 0) is 19.6 Å². The van der Waals surface area contributed by atoms with Gasteiger partial charge in [-0.05, 0) is 73.0 Å². The Labute approximate surface area is 273 Å². The van der Waals surface area contributed by atoms with Gasteiger partial charge in [0.05, 0.1) is 18.0 Å². The summed E-state index contributed by atoms with van der Waals surface area (Å²) in [6.07, 6.45) is 0.983. The first-order valence-electron chi connectivity index (χ1n) is 15.9. The molecular formula is C35H47N5O5S. The number of amides is 2. The minimum atomic E-state index is -3.79. The predicted octanol–water partition coefficient (Wildman–Crippen LogP) is 4.43. The molecule has 0 radical (unpaired) electrons. The Morgan fingerprint density at radius 3 is 2.04 bits per heavy atom. The summed E-state index contributed by atoms with van der Waals surface area (Å²) in [5.41, 5.74) is 14.7. The predicted molar refractivity (Wildman–Crippen MR) is 180 cm³/mol. The van der Waals surface area contributed by atoms with Crippen LogP contribution in [0.4, 0.5) is 10.5 Å². The van der Waals surface area contributed by atoms with E-state index in [-0.39, 0.29) is 23.4 Å². The minimum Gasteiger partial charge on any atom is -0.452 e. The third-order valence-electron chi connectivity index (χ3n) is 8.67. The van der Waals surface area contributed by atoms with E-state index in [1.54, 1.807) is 28.6 Å². The van der Waals surface area contributed by atoms with Crippen molar-refractivity contribution in [2.24, 2.45) is 17.6 Å². The summed E-state index contributed by atoms with van der Waals surface area (Å²) >= 11 is 0. The molecule has 1 saturated heterocycles. The van der Waals surface area contributed by atoms with Crippen molar-refractivity contribution in [2.45, 2.75) is 56.0 Å². The van der Waals surface area contributed by atoms with Crippen LogP contribution in [0.1, 0.15) is 50.2 Å². The maximum Gasteiger partial charge on any atom is 0.416 e. The molecule has 3 atom stereocenters. The van der Waals surface area contributed by atoms with Crippen molar-refractivity contribution in [1.82, 2.24) is 14.5 Å². The highest BCUT2D eigenvalue weighted by Gasteiger charge is 2.39. The molecule has 3 aromatic rings. The number of rotatable bonds is 14. The van der Waals surface area contributed by atoms with E-state index in [2.05, 4.69) is 19.2 Å². The molecule has 0 aromatic heterocycles. The number of carbonyl (C=O) groups excluding carboxylic acids is 2. The van der Waals surface area contributed by atoms with E-state index in [0.717, 1.165) is 16.0 Å². The molecule has 11 heteroatoms. The molecule has 0 bridgehead atoms. The van der Waals surface area contributed by atoms with Crippen LogP contribution < -0.4 is 16.8 Å². The van der Waals surface area contributed by atoms with Gasteiger partial charge in [0.1, 0.15) is 0 Å². The van der Waals surface area contributed by atoms with Crippen molar-refractivity contribution in [3.05, 3.63) is 96.1 Å². The first kappa shape index (κ1) is 35.1. The summed E-state index contributed by atoms with van der Waals surface area (Å²) in [7, 11) is -2.55. The number of carbonyl (C=O) groups is 2. The lowest BCUT2D eigenvalue weighted by Gasteiger charge is -2.33. The van der Waals surface area contributed by atoms with Gasteiger partial charge >= 0.3 is 6.09 Å². The Kier molecular flexibility index (Phi) is 12.3. The third-order valence-corrected chi connectivity index (χ3v) is 10.6. The van der Waals surface area contributed by atoms with Gasteiger partial charge in [-0.1, -0.05) is 74.5 Å². The molecule has 2 amide bonds. The van der Waals surface area contributed by atoms with Crippen molar-refractivity contribution < 1.29 is 22.7 Å². The number of nitrogens with zero attached hydrogens (tertiary/aromatic N) is 2. The number of ether oxygens (including phenoxy) is 1. The Morgan fingerprint density at radius 2 is 1.50 bits per heavy atom. The molecule has 248 valence electrons. The van der Waals surface area contributed by atoms with Crippen molar-refractivity contribution in [1.29, 1.82) is 0 Å². The number of hydrogen-bond donors (Lipinski definition) is 3. The van der Waals surface area contributed by atoms with E-state index in [1.165, 1.54) is 7.11 Å². The fourth-order valence-corrected chi connectivity index (χ4v) is 7.84. The molecule has 10 nitrogen and oxygen atoms in total. The highest BCUT2D eigenvalue weighted by molar-refractivity contribution is 7.89. The molecule has 0 saturated carbocycles. The lowest BCUT2D eigenvalue weighted by Crippen LogP contribution is -2.50. The van der Waals surface area contributed by atoms with Gasteiger partial charge in [-0.25, -0.2) is 18.1 Å². The first-order chi connectivity index (χ1) is 22.0. The maximum atomic E-state index is 13.9. The Bertz CT molecular complexity index is 1480. The first-order valence-corrected chi connectivity index (χ1v) is 17.3. The number of hydrogen-bond acceptors (Lipinski definition) is 8. The number of methoxy groups -OCH3 is 1. The summed E-state index contributed by atoms with van der Waals surface area (Å²) in [6.45, 7) is 5.75. The zero-order valence-corrected chi connectivity index (χ0v) is 27.7. The van der Waals surface area contributed by atoms with Crippen molar-refractivity contribution in [3.63, 3.8) is 0 Å². The van der Waals surface area contributed by atoms with E-state index in [1.807, 2.05) is 60.7 Å². The van der Waals surface area contributed by atoms with Crippen LogP contribution in [0.25, 0.3) is 0 Å². The molecule has 2 unspecified atom stereocenters. The van der Waals surface area contributed by atoms with Gasteiger partial charge in [0.2, 0.25) is 15.9 Å². The summed E-state index contributed by atoms with van der Waals surface area (Å²) in [4.78, 5) is 28.1. The number of nitrogens with one attached hydrogen (secondary N) is 1. The summed E-state index contributed by atoms with van der Waals surface area (Å²) < 4.78 is 34.4. The normalized spacial score (nSPS) is 17.4. The summed E-state index contributed by atoms with van der Waals surface area (Å²) in [5.74, 6) is -0.717. The van der Waals surface area contributed by atoms with Gasteiger partial charge in [0.15, 0.2) is 0 Å². The van der Waals surface area contributed by atoms with E-state index < -0.39 is 34.0 Å². The highest BCUT2D eigenvalue weighted by Crippen LogP contribution is 2.30. The van der Waals surface area contributed by atoms with Crippen LogP contribution in [0.5, 0.6) is 0 Å². The van der Waals surface area contributed by atoms with Gasteiger partial charge in [-0.3, -0.25) is 4.79 Å². The van der Waals surface area contributed by atoms with Crippen LogP contribution in [0.2, 0.25) is 0 Å². The molecule has 3 aromatic carbocycles. The topological polar surface area (TPSA) is 148 Å². The summed E-state index contributed by atoms with van der Waals surface area (Å²) in [6, 6.07) is 24.0. The van der Waals surface area contributed by atoms with E-state index in [4.69, 9.17) is 16.2 Å². The second-order valence-electron chi connectivity index (χ2n) is 12.3. The summed E-state index contributed by atoms with van der Waals surface area (Å²) in [5, 5.41) is 3.37. The zero-order chi connectivity index (χ0) is 33.3. The van der Waals surface area contributed by atoms with Gasteiger partial charge in [-0.15, -0.1) is 0 Å². The quantitative estimate of drug-likeness (QED) is 0.217. The zero-order valence-electron chi connectivity index (χ0n) is 26.9. The Balaban J connectivity index is 1.51. The average Bonchev–Trinajstić information content (AvgIpc) is 3.51. The van der Waals surface area contributed by atoms with Crippen LogP contribution >= 0.6 is 0 Å². The third kappa shape index (κ3) is 8.52. The SMILES string of the molecule is COC(=O)N(CCCC1CNCC1N(CCC(C)C)S(=O)(=O)c1ccc(N)cc1)C(=O)[C@@H](N)C(c1ccccc1)c1ccccc1. The number of benzene rings is 3. The lowest BCUT2D eigenvalue weighted by molar-refractivity contribution is -0.131. The van der Waals surface area contributed by atoms with Gasteiger partial charge in [0, 0.05) is 37.3 Å². The van der Waals surface area contributed by atoms with Crippen molar-refractivity contribution >= 4 is 27.7 Å². The highest BCUT2D eigenvalue weighted by atomic mass is 32.2. The maximum absolute atomic E-state index is 13.9. The van der Waals surface area contributed by atoms with Crippen LogP contribution in [0.3, 0.4) is 0 Å². The molecule has 46 heavy (non-hydrogen) atoms. The molecule has 1 aliphatic rings. The second kappa shape index (κ2) is 16.2. The molecule has 1 fully saturated rings. The standard InChI is InChI=1S/C35H47N5O5S/c1-25(2)20-22-40(46(43,44)30-18-16-29(36)17-19-30)31-24-38-23-28(31)15-10-21-39(35(42)45-3)34(41)33(37)32(26-11-6-4-7-12-26)27-13-8-5-9-14-27/h4-9,11-14,16-19,25,28,31-33,38H,10,15,20-24,36-37H2,1-3H3/t28?,31?,33-/m0/s1. The van der Waals surface area contributed by atoms with Gasteiger partial charge in [0.25, 0.3) is 0 Å². The fourth-order valence-electron chi connectivity index (χ4n) is 6.14. The lowest BCUT2D eigenvalue weighted by atomic mass is 9.85. The second-order valence-corrected chi connectivity index (χ2v) is 14.2. The van der Waals surface area contributed by atoms with Crippen molar-refractivity contribution in [2.75, 3.05) is 39.0 Å². The Hall–Kier alpha value is -3.77. The molecule has 1 aliphatic heterocycles. The van der Waals surface area contributed by atoms with Crippen LogP contribution in [-0.4, -0.2) is 75.0 Å². The number of nitrogens with two attached hydrogens (primary N) is 2. The van der Waals surface area contributed by atoms with Gasteiger partial charge in [-0.2, -0.15) is 4.31 Å². The van der Waals surface area contributed by atoms with E-state index in [9.17, 15) is 18.0 Å². The molecule has 1 heterocycles. The molecular weight excluding hydrogens is 602 g/mol. The van der Waals surface area contributed by atoms with Crippen molar-refractivity contribution in [3.8, 4) is 0 Å². The van der Waals surface area contributed by atoms with Crippen LogP contribution in [0.15, 0.2) is 89.8 Å². The van der Waals surface area contributed by atoms with E-state index in [0.29, 0.717) is 50.5 Å². The average molecular weight is 650 g/mol. The molecule has 0 aliphatic carbocycles. The molecule has 0 spiro atoms. The number of nitrogen functional groups attached to an aromatic ring is 1. The number of sulfonamides is 1.